The minimum atomic E-state index is -1.11. The van der Waals surface area contributed by atoms with E-state index < -0.39 is 48.9 Å². The standard InChI is InChI=1S/C21H28N2O8/c1-12(2)18(25)28-10-9-22-21(26)23-15-16(24)17-14(30-20(15)27-3)11-29-19(31-17)13-7-5-4-6-8-13/h4-8,14-17,19-20,24H,1,9-11H2,2-3H3,(H2,22,23,26)/t14?,15-,16-,17-,19-,20+/m0/s1. The summed E-state index contributed by atoms with van der Waals surface area (Å²) in [5, 5.41) is 16.1. The molecular weight excluding hydrogens is 408 g/mol. The molecule has 1 aromatic carbocycles. The summed E-state index contributed by atoms with van der Waals surface area (Å²) in [4.78, 5) is 23.6. The number of esters is 1. The fourth-order valence-corrected chi connectivity index (χ4v) is 3.36. The smallest absolute Gasteiger partial charge is 0.333 e. The van der Waals surface area contributed by atoms with E-state index in [1.54, 1.807) is 0 Å². The van der Waals surface area contributed by atoms with Crippen LogP contribution in [0.25, 0.3) is 0 Å². The molecule has 1 unspecified atom stereocenters. The molecule has 2 saturated heterocycles. The lowest BCUT2D eigenvalue weighted by atomic mass is 9.96. The molecule has 0 aromatic heterocycles. The Balaban J connectivity index is 1.56. The molecule has 170 valence electrons. The maximum absolute atomic E-state index is 12.3. The number of carbonyl (C=O) groups excluding carboxylic acids is 2. The Kier molecular flexibility index (Phi) is 7.99. The zero-order valence-electron chi connectivity index (χ0n) is 17.5. The van der Waals surface area contributed by atoms with Crippen LogP contribution in [0.1, 0.15) is 18.8 Å². The van der Waals surface area contributed by atoms with Crippen molar-refractivity contribution >= 4 is 12.0 Å². The van der Waals surface area contributed by atoms with E-state index in [1.807, 2.05) is 30.3 Å². The van der Waals surface area contributed by atoms with E-state index in [-0.39, 0.29) is 25.3 Å². The van der Waals surface area contributed by atoms with Gasteiger partial charge in [0.05, 0.1) is 13.2 Å². The summed E-state index contributed by atoms with van der Waals surface area (Å²) in [5.41, 5.74) is 1.09. The average molecular weight is 436 g/mol. The Morgan fingerprint density at radius 1 is 1.26 bits per heavy atom. The molecule has 10 heteroatoms. The first-order valence-electron chi connectivity index (χ1n) is 9.96. The maximum atomic E-state index is 12.3. The van der Waals surface area contributed by atoms with Crippen LogP contribution >= 0.6 is 0 Å². The lowest BCUT2D eigenvalue weighted by Gasteiger charge is -2.47. The molecule has 2 aliphatic rings. The number of urea groups is 1. The summed E-state index contributed by atoms with van der Waals surface area (Å²) < 4.78 is 27.7. The summed E-state index contributed by atoms with van der Waals surface area (Å²) in [6.45, 7) is 5.28. The molecule has 2 amide bonds. The molecule has 3 rings (SSSR count). The van der Waals surface area contributed by atoms with Crippen molar-refractivity contribution in [3.05, 3.63) is 48.0 Å². The van der Waals surface area contributed by atoms with E-state index in [0.29, 0.717) is 0 Å². The molecule has 1 aromatic rings. The number of carbonyl (C=O) groups is 2. The molecule has 31 heavy (non-hydrogen) atoms. The Morgan fingerprint density at radius 3 is 2.68 bits per heavy atom. The molecule has 10 nitrogen and oxygen atoms in total. The zero-order valence-corrected chi connectivity index (χ0v) is 17.5. The first-order valence-corrected chi connectivity index (χ1v) is 9.96. The molecule has 0 radical (unpaired) electrons. The van der Waals surface area contributed by atoms with Crippen molar-refractivity contribution in [2.75, 3.05) is 26.9 Å². The number of methoxy groups -OCH3 is 1. The molecule has 0 saturated carbocycles. The summed E-state index contributed by atoms with van der Waals surface area (Å²) in [5.74, 6) is -0.534. The van der Waals surface area contributed by atoms with Gasteiger partial charge in [0.25, 0.3) is 0 Å². The van der Waals surface area contributed by atoms with Crippen LogP contribution in [-0.4, -0.2) is 74.6 Å². The zero-order chi connectivity index (χ0) is 22.4. The van der Waals surface area contributed by atoms with Gasteiger partial charge in [0.15, 0.2) is 12.6 Å². The number of nitrogens with one attached hydrogen (secondary N) is 2. The number of hydrogen-bond donors (Lipinski definition) is 3. The Hall–Kier alpha value is -2.50. The normalized spacial score (nSPS) is 30.0. The fourth-order valence-electron chi connectivity index (χ4n) is 3.36. The van der Waals surface area contributed by atoms with Gasteiger partial charge in [-0.1, -0.05) is 36.9 Å². The largest absolute Gasteiger partial charge is 0.460 e. The van der Waals surface area contributed by atoms with Gasteiger partial charge in [-0.15, -0.1) is 0 Å². The van der Waals surface area contributed by atoms with E-state index in [2.05, 4.69) is 17.2 Å². The predicted octanol–water partition coefficient (Wildman–Crippen LogP) is 0.620. The van der Waals surface area contributed by atoms with E-state index in [4.69, 9.17) is 23.7 Å². The maximum Gasteiger partial charge on any atom is 0.333 e. The number of benzene rings is 1. The van der Waals surface area contributed by atoms with E-state index >= 15 is 0 Å². The molecule has 0 spiro atoms. The third kappa shape index (κ3) is 5.81. The van der Waals surface area contributed by atoms with Crippen molar-refractivity contribution in [2.24, 2.45) is 0 Å². The van der Waals surface area contributed by atoms with Gasteiger partial charge in [0.1, 0.15) is 31.0 Å². The van der Waals surface area contributed by atoms with Crippen molar-refractivity contribution < 1.29 is 38.4 Å². The van der Waals surface area contributed by atoms with Crippen molar-refractivity contribution in [1.29, 1.82) is 0 Å². The first kappa shape index (κ1) is 23.2. The second-order valence-corrected chi connectivity index (χ2v) is 7.29. The molecule has 0 bridgehead atoms. The molecule has 6 atom stereocenters. The highest BCUT2D eigenvalue weighted by molar-refractivity contribution is 5.86. The number of amides is 2. The highest BCUT2D eigenvalue weighted by atomic mass is 16.7. The van der Waals surface area contributed by atoms with Crippen LogP contribution in [0, 0.1) is 0 Å². The highest BCUT2D eigenvalue weighted by Gasteiger charge is 2.50. The number of aliphatic hydroxyl groups is 1. The molecule has 2 heterocycles. The van der Waals surface area contributed by atoms with Crippen LogP contribution < -0.4 is 10.6 Å². The van der Waals surface area contributed by atoms with Gasteiger partial charge in [-0.25, -0.2) is 9.59 Å². The first-order chi connectivity index (χ1) is 14.9. The Labute approximate surface area is 180 Å². The lowest BCUT2D eigenvalue weighted by molar-refractivity contribution is -0.340. The van der Waals surface area contributed by atoms with E-state index in [0.717, 1.165) is 5.56 Å². The van der Waals surface area contributed by atoms with E-state index in [1.165, 1.54) is 14.0 Å². The number of fused-ring (bicyclic) bond motifs is 1. The average Bonchev–Trinajstić information content (AvgIpc) is 2.78. The van der Waals surface area contributed by atoms with Gasteiger partial charge in [0.2, 0.25) is 0 Å². The van der Waals surface area contributed by atoms with Crippen LogP contribution in [0.3, 0.4) is 0 Å². The molecule has 2 fully saturated rings. The van der Waals surface area contributed by atoms with Crippen molar-refractivity contribution in [3.63, 3.8) is 0 Å². The fraction of sp³-hybridized carbons (Fsp3) is 0.524. The summed E-state index contributed by atoms with van der Waals surface area (Å²) >= 11 is 0. The molecular formula is C21H28N2O8. The SMILES string of the molecule is C=C(C)C(=O)OCCNC(=O)N[C@@H]1[C@H](OC)OC2CO[C@H](c3ccccc3)O[C@@H]2[C@H]1O. The van der Waals surface area contributed by atoms with Gasteiger partial charge in [-0.05, 0) is 6.92 Å². The number of hydrogen-bond acceptors (Lipinski definition) is 8. The summed E-state index contributed by atoms with van der Waals surface area (Å²) in [7, 11) is 1.42. The van der Waals surface area contributed by atoms with Gasteiger partial charge in [-0.2, -0.15) is 0 Å². The molecule has 2 aliphatic heterocycles. The minimum absolute atomic E-state index is 0.0134. The lowest BCUT2D eigenvalue weighted by Crippen LogP contribution is -2.67. The summed E-state index contributed by atoms with van der Waals surface area (Å²) in [6, 6.07) is 7.88. The number of aliphatic hydroxyl groups excluding tert-OH is 1. The van der Waals surface area contributed by atoms with Crippen molar-refractivity contribution in [1.82, 2.24) is 10.6 Å². The topological polar surface area (TPSA) is 125 Å². The van der Waals surface area contributed by atoms with Crippen LogP contribution in [0.4, 0.5) is 4.79 Å². The minimum Gasteiger partial charge on any atom is -0.460 e. The van der Waals surface area contributed by atoms with Gasteiger partial charge < -0.3 is 39.4 Å². The third-order valence-electron chi connectivity index (χ3n) is 4.94. The molecule has 3 N–H and O–H groups in total. The van der Waals surface area contributed by atoms with Crippen LogP contribution in [0.5, 0.6) is 0 Å². The quantitative estimate of drug-likeness (QED) is 0.323. The third-order valence-corrected chi connectivity index (χ3v) is 4.94. The molecule has 0 aliphatic carbocycles. The van der Waals surface area contributed by atoms with Gasteiger partial charge in [-0.3, -0.25) is 0 Å². The predicted molar refractivity (Wildman–Crippen MR) is 108 cm³/mol. The monoisotopic (exact) mass is 436 g/mol. The summed E-state index contributed by atoms with van der Waals surface area (Å²) in [6.07, 6.45) is -3.94. The van der Waals surface area contributed by atoms with Crippen molar-refractivity contribution in [3.8, 4) is 0 Å². The van der Waals surface area contributed by atoms with Crippen LogP contribution in [0.2, 0.25) is 0 Å². The van der Waals surface area contributed by atoms with Gasteiger partial charge in [0, 0.05) is 18.2 Å². The number of ether oxygens (including phenoxy) is 5. The van der Waals surface area contributed by atoms with Crippen LogP contribution in [0.15, 0.2) is 42.5 Å². The van der Waals surface area contributed by atoms with Crippen LogP contribution in [-0.2, 0) is 28.5 Å². The number of rotatable bonds is 7. The second-order valence-electron chi connectivity index (χ2n) is 7.29. The van der Waals surface area contributed by atoms with Gasteiger partial charge >= 0.3 is 12.0 Å². The second kappa shape index (κ2) is 10.7. The Bertz CT molecular complexity index is 774. The van der Waals surface area contributed by atoms with Crippen molar-refractivity contribution in [2.45, 2.75) is 43.9 Å². The van der Waals surface area contributed by atoms with E-state index in [9.17, 15) is 14.7 Å². The highest BCUT2D eigenvalue weighted by Crippen LogP contribution is 2.34. The Morgan fingerprint density at radius 2 is 2.00 bits per heavy atom.